The van der Waals surface area contributed by atoms with Gasteiger partial charge in [0.2, 0.25) is 0 Å². The van der Waals surface area contributed by atoms with Gasteiger partial charge in [-0.2, -0.15) is 0 Å². The Kier molecular flexibility index (Phi) is 2.59. The molecule has 0 aliphatic carbocycles. The quantitative estimate of drug-likeness (QED) is 0.734. The van der Waals surface area contributed by atoms with Crippen LogP contribution in [-0.2, 0) is 6.42 Å². The highest BCUT2D eigenvalue weighted by molar-refractivity contribution is 7.14. The van der Waals surface area contributed by atoms with Crippen molar-refractivity contribution in [2.45, 2.75) is 20.3 Å². The summed E-state index contributed by atoms with van der Waals surface area (Å²) in [6, 6.07) is 6.34. The maximum atomic E-state index is 6.06. The van der Waals surface area contributed by atoms with Gasteiger partial charge >= 0.3 is 0 Å². The second-order valence-electron chi connectivity index (χ2n) is 4.45. The first-order chi connectivity index (χ1) is 8.69. The van der Waals surface area contributed by atoms with Crippen LogP contribution in [0.25, 0.3) is 21.7 Å². The number of thiophene rings is 1. The molecule has 2 heterocycles. The summed E-state index contributed by atoms with van der Waals surface area (Å²) in [5.41, 5.74) is 11.4. The SMILES string of the molecule is CCc1ccc2nc(-c3scc(C)c3N)[nH]c2c1. The topological polar surface area (TPSA) is 54.7 Å². The number of nitrogens with zero attached hydrogens (tertiary/aromatic N) is 1. The Morgan fingerprint density at radius 2 is 2.22 bits per heavy atom. The van der Waals surface area contributed by atoms with E-state index in [1.807, 2.05) is 6.92 Å². The van der Waals surface area contributed by atoms with Crippen LogP contribution in [0.2, 0.25) is 0 Å². The molecule has 3 rings (SSSR count). The van der Waals surface area contributed by atoms with E-state index in [0.717, 1.165) is 39.4 Å². The van der Waals surface area contributed by atoms with Crippen molar-refractivity contribution in [1.82, 2.24) is 9.97 Å². The number of nitrogen functional groups attached to an aromatic ring is 1. The Morgan fingerprint density at radius 3 is 2.89 bits per heavy atom. The molecule has 4 heteroatoms. The van der Waals surface area contributed by atoms with Crippen LogP contribution in [0.5, 0.6) is 0 Å². The summed E-state index contributed by atoms with van der Waals surface area (Å²) in [5, 5.41) is 2.06. The lowest BCUT2D eigenvalue weighted by molar-refractivity contribution is 1.14. The van der Waals surface area contributed by atoms with Crippen molar-refractivity contribution in [3.05, 3.63) is 34.7 Å². The first-order valence-corrected chi connectivity index (χ1v) is 6.89. The minimum atomic E-state index is 0.828. The van der Waals surface area contributed by atoms with Crippen molar-refractivity contribution in [2.75, 3.05) is 5.73 Å². The van der Waals surface area contributed by atoms with Gasteiger partial charge in [-0.1, -0.05) is 13.0 Å². The fourth-order valence-electron chi connectivity index (χ4n) is 2.02. The normalized spacial score (nSPS) is 11.2. The van der Waals surface area contributed by atoms with Crippen molar-refractivity contribution >= 4 is 28.1 Å². The molecule has 0 unspecified atom stereocenters. The van der Waals surface area contributed by atoms with Gasteiger partial charge in [0.25, 0.3) is 0 Å². The first kappa shape index (κ1) is 11.3. The maximum Gasteiger partial charge on any atom is 0.150 e. The van der Waals surface area contributed by atoms with E-state index in [-0.39, 0.29) is 0 Å². The molecule has 0 radical (unpaired) electrons. The summed E-state index contributed by atoms with van der Waals surface area (Å²) in [4.78, 5) is 9.00. The molecule has 3 aromatic rings. The van der Waals surface area contributed by atoms with Gasteiger partial charge < -0.3 is 10.7 Å². The molecule has 0 amide bonds. The highest BCUT2D eigenvalue weighted by Crippen LogP contribution is 2.33. The van der Waals surface area contributed by atoms with Crippen molar-refractivity contribution in [1.29, 1.82) is 0 Å². The number of aromatic nitrogens is 2. The van der Waals surface area contributed by atoms with Gasteiger partial charge in [-0.15, -0.1) is 11.3 Å². The number of H-pyrrole nitrogens is 1. The molecule has 0 spiro atoms. The number of hydrogen-bond donors (Lipinski definition) is 2. The van der Waals surface area contributed by atoms with E-state index in [0.29, 0.717) is 0 Å². The predicted molar refractivity (Wildman–Crippen MR) is 77.9 cm³/mol. The summed E-state index contributed by atoms with van der Waals surface area (Å²) in [6.45, 7) is 4.17. The van der Waals surface area contributed by atoms with Gasteiger partial charge in [0.15, 0.2) is 5.82 Å². The average Bonchev–Trinajstić information content (AvgIpc) is 2.93. The lowest BCUT2D eigenvalue weighted by atomic mass is 10.1. The zero-order valence-corrected chi connectivity index (χ0v) is 11.3. The second-order valence-corrected chi connectivity index (χ2v) is 5.33. The van der Waals surface area contributed by atoms with Crippen LogP contribution in [0, 0.1) is 6.92 Å². The van der Waals surface area contributed by atoms with Gasteiger partial charge in [-0.25, -0.2) is 4.98 Å². The summed E-state index contributed by atoms with van der Waals surface area (Å²) in [6.07, 6.45) is 1.03. The molecule has 0 bridgehead atoms. The van der Waals surface area contributed by atoms with Crippen LogP contribution in [0.4, 0.5) is 5.69 Å². The van der Waals surface area contributed by atoms with Crippen molar-refractivity contribution in [3.63, 3.8) is 0 Å². The molecule has 0 atom stereocenters. The van der Waals surface area contributed by atoms with Gasteiger partial charge in [0.05, 0.1) is 21.6 Å². The van der Waals surface area contributed by atoms with Gasteiger partial charge in [0, 0.05) is 0 Å². The number of aryl methyl sites for hydroxylation is 2. The summed E-state index contributed by atoms with van der Waals surface area (Å²) in [5.74, 6) is 0.869. The minimum Gasteiger partial charge on any atom is -0.397 e. The van der Waals surface area contributed by atoms with Gasteiger partial charge in [-0.3, -0.25) is 0 Å². The van der Waals surface area contributed by atoms with E-state index in [4.69, 9.17) is 5.73 Å². The van der Waals surface area contributed by atoms with E-state index in [1.54, 1.807) is 11.3 Å². The average molecular weight is 257 g/mol. The second kappa shape index (κ2) is 4.14. The number of hydrogen-bond acceptors (Lipinski definition) is 3. The molecule has 0 saturated carbocycles. The van der Waals surface area contributed by atoms with Crippen molar-refractivity contribution < 1.29 is 0 Å². The Hall–Kier alpha value is -1.81. The Bertz CT molecular complexity index is 709. The van der Waals surface area contributed by atoms with Crippen LogP contribution < -0.4 is 5.73 Å². The monoisotopic (exact) mass is 257 g/mol. The molecular weight excluding hydrogens is 242 g/mol. The van der Waals surface area contributed by atoms with Crippen LogP contribution >= 0.6 is 11.3 Å². The first-order valence-electron chi connectivity index (χ1n) is 6.01. The van der Waals surface area contributed by atoms with Gasteiger partial charge in [0.1, 0.15) is 0 Å². The summed E-state index contributed by atoms with van der Waals surface area (Å²) >= 11 is 1.64. The molecule has 2 aromatic heterocycles. The van der Waals surface area contributed by atoms with Crippen molar-refractivity contribution in [2.24, 2.45) is 0 Å². The zero-order valence-electron chi connectivity index (χ0n) is 10.4. The number of nitrogens with one attached hydrogen (secondary N) is 1. The Balaban J connectivity index is 2.16. The Morgan fingerprint density at radius 1 is 1.39 bits per heavy atom. The zero-order chi connectivity index (χ0) is 12.7. The largest absolute Gasteiger partial charge is 0.397 e. The maximum absolute atomic E-state index is 6.06. The predicted octanol–water partition coefficient (Wildman–Crippen LogP) is 3.74. The smallest absolute Gasteiger partial charge is 0.150 e. The number of anilines is 1. The molecule has 0 aliphatic heterocycles. The molecule has 0 saturated heterocycles. The minimum absolute atomic E-state index is 0.828. The third-order valence-electron chi connectivity index (χ3n) is 3.19. The molecule has 92 valence electrons. The number of fused-ring (bicyclic) bond motifs is 1. The third kappa shape index (κ3) is 1.69. The fraction of sp³-hybridized carbons (Fsp3) is 0.214. The summed E-state index contributed by atoms with van der Waals surface area (Å²) in [7, 11) is 0. The van der Waals surface area contributed by atoms with E-state index >= 15 is 0 Å². The standard InChI is InChI=1S/C14H15N3S/c1-3-9-4-5-10-11(6-9)17-14(16-10)13-12(15)8(2)7-18-13/h4-7H,3,15H2,1-2H3,(H,16,17). The summed E-state index contributed by atoms with van der Waals surface area (Å²) < 4.78 is 0. The van der Waals surface area contributed by atoms with E-state index in [1.165, 1.54) is 5.56 Å². The fourth-order valence-corrected chi connectivity index (χ4v) is 2.94. The molecular formula is C14H15N3S. The van der Waals surface area contributed by atoms with E-state index < -0.39 is 0 Å². The van der Waals surface area contributed by atoms with Crippen LogP contribution in [0.15, 0.2) is 23.6 Å². The third-order valence-corrected chi connectivity index (χ3v) is 4.31. The lowest BCUT2D eigenvalue weighted by Crippen LogP contribution is -1.87. The van der Waals surface area contributed by atoms with Crippen LogP contribution in [0.1, 0.15) is 18.1 Å². The number of imidazole rings is 1. The van der Waals surface area contributed by atoms with Crippen LogP contribution in [0.3, 0.4) is 0 Å². The van der Waals surface area contributed by atoms with E-state index in [9.17, 15) is 0 Å². The number of aromatic amines is 1. The number of benzene rings is 1. The van der Waals surface area contributed by atoms with E-state index in [2.05, 4.69) is 40.5 Å². The number of nitrogens with two attached hydrogens (primary N) is 1. The molecule has 0 aliphatic rings. The molecule has 3 N–H and O–H groups in total. The highest BCUT2D eigenvalue weighted by atomic mass is 32.1. The Labute approximate surface area is 110 Å². The van der Waals surface area contributed by atoms with Gasteiger partial charge in [-0.05, 0) is 42.0 Å². The lowest BCUT2D eigenvalue weighted by Gasteiger charge is -1.95. The molecule has 0 fully saturated rings. The molecule has 1 aromatic carbocycles. The van der Waals surface area contributed by atoms with Crippen LogP contribution in [-0.4, -0.2) is 9.97 Å². The molecule has 18 heavy (non-hydrogen) atoms. The van der Waals surface area contributed by atoms with Crippen molar-refractivity contribution in [3.8, 4) is 10.7 Å². The highest BCUT2D eigenvalue weighted by Gasteiger charge is 2.12. The number of rotatable bonds is 2. The molecule has 3 nitrogen and oxygen atoms in total.